The molecule has 2 atom stereocenters. The minimum Gasteiger partial charge on any atom is -0.496 e. The van der Waals surface area contributed by atoms with Crippen molar-refractivity contribution in [3.8, 4) is 5.75 Å². The van der Waals surface area contributed by atoms with Crippen LogP contribution >= 0.6 is 0 Å². The predicted molar refractivity (Wildman–Crippen MR) is 95.1 cm³/mol. The first-order valence-electron chi connectivity index (χ1n) is 8.50. The van der Waals surface area contributed by atoms with Gasteiger partial charge in [-0.3, -0.25) is 4.79 Å². The van der Waals surface area contributed by atoms with Crippen LogP contribution in [0.25, 0.3) is 10.9 Å². The Morgan fingerprint density at radius 1 is 1.35 bits per heavy atom. The molecular weight excluding hydrogens is 334 g/mol. The summed E-state index contributed by atoms with van der Waals surface area (Å²) in [4.78, 5) is 18.0. The largest absolute Gasteiger partial charge is 0.496 e. The molecule has 8 nitrogen and oxygen atoms in total. The number of hydrogen-bond donors (Lipinski definition) is 2. The Bertz CT molecular complexity index is 905. The second kappa shape index (κ2) is 6.80. The second-order valence-corrected chi connectivity index (χ2v) is 6.45. The van der Waals surface area contributed by atoms with Crippen molar-refractivity contribution in [3.05, 3.63) is 41.9 Å². The second-order valence-electron chi connectivity index (χ2n) is 6.45. The molecular formula is C18H21N5O3. The van der Waals surface area contributed by atoms with E-state index in [2.05, 4.69) is 20.4 Å². The summed E-state index contributed by atoms with van der Waals surface area (Å²) in [5, 5.41) is 11.6. The lowest BCUT2D eigenvalue weighted by atomic mass is 10.0. The minimum atomic E-state index is -0.0819. The van der Waals surface area contributed by atoms with E-state index in [1.54, 1.807) is 20.4 Å². The fourth-order valence-corrected chi connectivity index (χ4v) is 3.69. The third-order valence-electron chi connectivity index (χ3n) is 5.05. The molecule has 0 radical (unpaired) electrons. The summed E-state index contributed by atoms with van der Waals surface area (Å²) in [5.74, 6) is 0.855. The number of amides is 1. The normalized spacial score (nSPS) is 20.0. The lowest BCUT2D eigenvalue weighted by Crippen LogP contribution is -2.31. The number of nitrogens with zero attached hydrogens (tertiary/aromatic N) is 3. The van der Waals surface area contributed by atoms with Gasteiger partial charge in [-0.25, -0.2) is 0 Å². The van der Waals surface area contributed by atoms with Crippen molar-refractivity contribution in [2.75, 3.05) is 27.3 Å². The van der Waals surface area contributed by atoms with Crippen LogP contribution in [0.3, 0.4) is 0 Å². The van der Waals surface area contributed by atoms with Crippen molar-refractivity contribution in [3.63, 3.8) is 0 Å². The van der Waals surface area contributed by atoms with Crippen LogP contribution in [0.15, 0.2) is 30.6 Å². The Morgan fingerprint density at radius 3 is 2.96 bits per heavy atom. The highest BCUT2D eigenvalue weighted by Gasteiger charge is 2.37. The van der Waals surface area contributed by atoms with Crippen molar-refractivity contribution in [1.82, 2.24) is 25.3 Å². The van der Waals surface area contributed by atoms with Crippen LogP contribution in [0, 0.1) is 0 Å². The highest BCUT2D eigenvalue weighted by molar-refractivity contribution is 5.93. The number of fused-ring (bicyclic) bond motifs is 1. The van der Waals surface area contributed by atoms with Crippen LogP contribution in [0.2, 0.25) is 0 Å². The highest BCUT2D eigenvalue weighted by Crippen LogP contribution is 2.31. The van der Waals surface area contributed by atoms with Crippen molar-refractivity contribution < 1.29 is 14.3 Å². The Labute approximate surface area is 150 Å². The molecule has 3 aromatic rings. The Balaban J connectivity index is 1.54. The van der Waals surface area contributed by atoms with E-state index < -0.39 is 0 Å². The monoisotopic (exact) mass is 355 g/mol. The van der Waals surface area contributed by atoms with Crippen LogP contribution in [0.1, 0.15) is 17.2 Å². The summed E-state index contributed by atoms with van der Waals surface area (Å²) >= 11 is 0. The topological polar surface area (TPSA) is 96.1 Å². The maximum atomic E-state index is 12.9. The van der Waals surface area contributed by atoms with Crippen LogP contribution in [-0.4, -0.2) is 64.6 Å². The molecule has 0 spiro atoms. The number of carbonyl (C=O) groups is 1. The summed E-state index contributed by atoms with van der Waals surface area (Å²) in [6.07, 6.45) is 3.79. The molecule has 136 valence electrons. The van der Waals surface area contributed by atoms with E-state index >= 15 is 0 Å². The number of rotatable bonds is 5. The number of aromatic nitrogens is 4. The number of likely N-dealkylation sites (tertiary alicyclic amines) is 1. The van der Waals surface area contributed by atoms with Gasteiger partial charge in [0.05, 0.1) is 37.4 Å². The Kier molecular flexibility index (Phi) is 4.34. The average molecular weight is 355 g/mol. The van der Waals surface area contributed by atoms with Gasteiger partial charge in [0.2, 0.25) is 5.91 Å². The predicted octanol–water partition coefficient (Wildman–Crippen LogP) is 1.48. The lowest BCUT2D eigenvalue weighted by Gasteiger charge is -2.16. The number of hydrogen-bond acceptors (Lipinski definition) is 5. The summed E-state index contributed by atoms with van der Waals surface area (Å²) in [7, 11) is 3.30. The average Bonchev–Trinajstić information content (AvgIpc) is 3.40. The van der Waals surface area contributed by atoms with Crippen molar-refractivity contribution in [1.29, 1.82) is 0 Å². The van der Waals surface area contributed by atoms with Gasteiger partial charge in [0.25, 0.3) is 0 Å². The van der Waals surface area contributed by atoms with Crippen LogP contribution in [0.5, 0.6) is 5.75 Å². The fraction of sp³-hybridized carbons (Fsp3) is 0.389. The number of aromatic amines is 2. The lowest BCUT2D eigenvalue weighted by molar-refractivity contribution is -0.129. The number of benzene rings is 1. The zero-order valence-corrected chi connectivity index (χ0v) is 14.7. The van der Waals surface area contributed by atoms with E-state index in [0.29, 0.717) is 19.5 Å². The van der Waals surface area contributed by atoms with Gasteiger partial charge in [-0.1, -0.05) is 6.07 Å². The van der Waals surface area contributed by atoms with Crippen LogP contribution in [0.4, 0.5) is 0 Å². The highest BCUT2D eigenvalue weighted by atomic mass is 16.5. The standard InChI is InChI=1S/C18H21N5O3/c1-25-15-5-3-4-13-18(15)11(7-19-13)6-17(24)23-9-12(16(10-23)26-2)14-8-20-22-21-14/h3-5,7-8,12,16,19H,6,9-10H2,1-2H3,(H,20,21,22)/t12-,16+/m0/s1. The maximum absolute atomic E-state index is 12.9. The summed E-state index contributed by atoms with van der Waals surface area (Å²) in [6.45, 7) is 1.12. The molecule has 0 unspecified atom stereocenters. The fourth-order valence-electron chi connectivity index (χ4n) is 3.69. The number of nitrogens with one attached hydrogen (secondary N) is 2. The number of methoxy groups -OCH3 is 2. The molecule has 2 N–H and O–H groups in total. The van der Waals surface area contributed by atoms with E-state index in [9.17, 15) is 4.79 Å². The van der Waals surface area contributed by atoms with Crippen molar-refractivity contribution >= 4 is 16.8 Å². The zero-order chi connectivity index (χ0) is 18.1. The van der Waals surface area contributed by atoms with E-state index in [-0.39, 0.29) is 17.9 Å². The molecule has 26 heavy (non-hydrogen) atoms. The quantitative estimate of drug-likeness (QED) is 0.723. The van der Waals surface area contributed by atoms with Crippen molar-refractivity contribution in [2.24, 2.45) is 0 Å². The van der Waals surface area contributed by atoms with Gasteiger partial charge < -0.3 is 19.4 Å². The van der Waals surface area contributed by atoms with Gasteiger partial charge in [0, 0.05) is 37.3 Å². The van der Waals surface area contributed by atoms with Crippen LogP contribution in [-0.2, 0) is 16.0 Å². The van der Waals surface area contributed by atoms with Gasteiger partial charge in [0.1, 0.15) is 5.75 Å². The maximum Gasteiger partial charge on any atom is 0.227 e. The Hall–Kier alpha value is -2.87. The number of H-pyrrole nitrogens is 2. The molecule has 1 aliphatic rings. The summed E-state index contributed by atoms with van der Waals surface area (Å²) in [5.41, 5.74) is 2.71. The smallest absolute Gasteiger partial charge is 0.227 e. The first-order chi connectivity index (χ1) is 12.7. The van der Waals surface area contributed by atoms with E-state index in [0.717, 1.165) is 27.9 Å². The van der Waals surface area contributed by atoms with E-state index in [1.807, 2.05) is 29.3 Å². The molecule has 4 rings (SSSR count). The first kappa shape index (κ1) is 16.6. The van der Waals surface area contributed by atoms with Gasteiger partial charge >= 0.3 is 0 Å². The van der Waals surface area contributed by atoms with Gasteiger partial charge in [-0.15, -0.1) is 0 Å². The molecule has 1 saturated heterocycles. The zero-order valence-electron chi connectivity index (χ0n) is 14.7. The molecule has 1 aromatic carbocycles. The van der Waals surface area contributed by atoms with E-state index in [4.69, 9.17) is 9.47 Å². The van der Waals surface area contributed by atoms with Gasteiger partial charge in [0.15, 0.2) is 0 Å². The molecule has 1 fully saturated rings. The van der Waals surface area contributed by atoms with Gasteiger partial charge in [-0.2, -0.15) is 15.4 Å². The number of ether oxygens (including phenoxy) is 2. The van der Waals surface area contributed by atoms with Crippen molar-refractivity contribution in [2.45, 2.75) is 18.4 Å². The first-order valence-corrected chi connectivity index (χ1v) is 8.50. The van der Waals surface area contributed by atoms with E-state index in [1.165, 1.54) is 0 Å². The van der Waals surface area contributed by atoms with Crippen LogP contribution < -0.4 is 4.74 Å². The minimum absolute atomic E-state index is 0.0280. The third kappa shape index (κ3) is 2.82. The molecule has 1 aliphatic heterocycles. The molecule has 0 aliphatic carbocycles. The third-order valence-corrected chi connectivity index (χ3v) is 5.05. The molecule has 8 heteroatoms. The SMILES string of the molecule is COc1cccc2[nH]cc(CC(=O)N3C[C@@H](OC)[C@H](c4cn[nH]n4)C3)c12. The molecule has 2 aromatic heterocycles. The number of carbonyl (C=O) groups excluding carboxylic acids is 1. The van der Waals surface area contributed by atoms with Gasteiger partial charge in [-0.05, 0) is 17.7 Å². The molecule has 0 bridgehead atoms. The molecule has 0 saturated carbocycles. The molecule has 3 heterocycles. The summed E-state index contributed by atoms with van der Waals surface area (Å²) < 4.78 is 11.0. The molecule has 1 amide bonds. The Morgan fingerprint density at radius 2 is 2.23 bits per heavy atom. The summed E-state index contributed by atoms with van der Waals surface area (Å²) in [6, 6.07) is 5.81.